The van der Waals surface area contributed by atoms with Crippen molar-refractivity contribution >= 4 is 17.3 Å². The van der Waals surface area contributed by atoms with Gasteiger partial charge >= 0.3 is 5.97 Å². The van der Waals surface area contributed by atoms with Crippen molar-refractivity contribution in [2.75, 3.05) is 7.11 Å². The Balaban J connectivity index is 2.61. The Bertz CT molecular complexity index is 327. The summed E-state index contributed by atoms with van der Waals surface area (Å²) in [6.07, 6.45) is 0. The zero-order valence-electron chi connectivity index (χ0n) is 10.2. The highest BCUT2D eigenvalue weighted by Gasteiger charge is 2.31. The van der Waals surface area contributed by atoms with Gasteiger partial charge in [0.05, 0.1) is 7.11 Å². The smallest absolute Gasteiger partial charge is 0.323 e. The van der Waals surface area contributed by atoms with Crippen LogP contribution < -0.4 is 5.32 Å². The largest absolute Gasteiger partial charge is 0.468 e. The van der Waals surface area contributed by atoms with Crippen LogP contribution in [0, 0.1) is 5.41 Å². The summed E-state index contributed by atoms with van der Waals surface area (Å²) >= 11 is 1.66. The Hall–Kier alpha value is -0.870. The van der Waals surface area contributed by atoms with Crippen molar-refractivity contribution in [1.29, 1.82) is 0 Å². The molecule has 1 rings (SSSR count). The van der Waals surface area contributed by atoms with Crippen LogP contribution in [0.4, 0.5) is 0 Å². The first-order chi connectivity index (χ1) is 7.45. The third kappa shape index (κ3) is 3.61. The molecule has 0 aliphatic rings. The molecule has 0 saturated heterocycles. The fourth-order valence-electron chi connectivity index (χ4n) is 1.47. The number of carbonyl (C=O) groups is 1. The van der Waals surface area contributed by atoms with Gasteiger partial charge in [0.2, 0.25) is 0 Å². The van der Waals surface area contributed by atoms with E-state index in [1.807, 2.05) is 26.2 Å². The number of ether oxygens (including phenoxy) is 1. The fourth-order valence-corrected chi connectivity index (χ4v) is 2.14. The normalized spacial score (nSPS) is 13.5. The number of methoxy groups -OCH3 is 1. The summed E-state index contributed by atoms with van der Waals surface area (Å²) in [5.74, 6) is -0.206. The number of hydrogen-bond donors (Lipinski definition) is 1. The predicted molar refractivity (Wildman–Crippen MR) is 66.4 cm³/mol. The van der Waals surface area contributed by atoms with E-state index >= 15 is 0 Å². The lowest BCUT2D eigenvalue weighted by atomic mass is 9.86. The zero-order chi connectivity index (χ0) is 12.2. The molecule has 0 bridgehead atoms. The lowest BCUT2D eigenvalue weighted by molar-refractivity contribution is -0.146. The molecule has 1 heterocycles. The van der Waals surface area contributed by atoms with Crippen molar-refractivity contribution in [2.45, 2.75) is 33.4 Å². The monoisotopic (exact) mass is 241 g/mol. The van der Waals surface area contributed by atoms with Gasteiger partial charge in [-0.3, -0.25) is 10.1 Å². The minimum atomic E-state index is -0.280. The average Bonchev–Trinajstić information content (AvgIpc) is 2.68. The second-order valence-corrected chi connectivity index (χ2v) is 5.61. The van der Waals surface area contributed by atoms with E-state index in [1.165, 1.54) is 12.7 Å². The van der Waals surface area contributed by atoms with Crippen LogP contribution in [0.25, 0.3) is 0 Å². The Morgan fingerprint density at radius 3 is 2.69 bits per heavy atom. The van der Waals surface area contributed by atoms with Crippen molar-refractivity contribution < 1.29 is 9.53 Å². The summed E-state index contributed by atoms with van der Waals surface area (Å²) in [5.41, 5.74) is 1.05. The van der Waals surface area contributed by atoms with Crippen molar-refractivity contribution in [3.63, 3.8) is 0 Å². The molecule has 0 unspecified atom stereocenters. The van der Waals surface area contributed by atoms with Crippen LogP contribution in [0.5, 0.6) is 0 Å². The van der Waals surface area contributed by atoms with Gasteiger partial charge in [-0.2, -0.15) is 11.3 Å². The molecule has 0 aromatic carbocycles. The summed E-state index contributed by atoms with van der Waals surface area (Å²) in [7, 11) is 1.42. The van der Waals surface area contributed by atoms with Crippen molar-refractivity contribution in [2.24, 2.45) is 5.41 Å². The number of carbonyl (C=O) groups excluding carboxylic acids is 1. The molecule has 0 spiro atoms. The van der Waals surface area contributed by atoms with E-state index in [4.69, 9.17) is 4.74 Å². The Morgan fingerprint density at radius 1 is 1.56 bits per heavy atom. The maximum atomic E-state index is 11.6. The topological polar surface area (TPSA) is 38.3 Å². The van der Waals surface area contributed by atoms with E-state index in [0.29, 0.717) is 6.54 Å². The third-order valence-electron chi connectivity index (χ3n) is 2.39. The van der Waals surface area contributed by atoms with Gasteiger partial charge in [-0.15, -0.1) is 0 Å². The number of hydrogen-bond acceptors (Lipinski definition) is 4. The summed E-state index contributed by atoms with van der Waals surface area (Å²) in [6, 6.07) is 1.77. The minimum absolute atomic E-state index is 0.150. The highest BCUT2D eigenvalue weighted by Crippen LogP contribution is 2.21. The van der Waals surface area contributed by atoms with Gasteiger partial charge in [0.15, 0.2) is 0 Å². The highest BCUT2D eigenvalue weighted by atomic mass is 32.1. The molecule has 3 nitrogen and oxygen atoms in total. The number of esters is 1. The number of nitrogens with one attached hydrogen (secondary N) is 1. The molecule has 0 saturated carbocycles. The molecule has 0 aliphatic heterocycles. The molecule has 0 radical (unpaired) electrons. The molecule has 90 valence electrons. The standard InChI is InChI=1S/C12H19NO2S/c1-12(2,3)10(11(14)15-4)13-7-9-5-6-16-8-9/h5-6,8,10,13H,7H2,1-4H3/t10-/m1/s1. The molecule has 1 aromatic rings. The Morgan fingerprint density at radius 2 is 2.25 bits per heavy atom. The third-order valence-corrected chi connectivity index (χ3v) is 3.13. The number of thiophene rings is 1. The second-order valence-electron chi connectivity index (χ2n) is 4.83. The lowest BCUT2D eigenvalue weighted by Crippen LogP contribution is -2.46. The van der Waals surface area contributed by atoms with E-state index in [9.17, 15) is 4.79 Å². The molecule has 1 N–H and O–H groups in total. The van der Waals surface area contributed by atoms with Gasteiger partial charge in [-0.25, -0.2) is 0 Å². The van der Waals surface area contributed by atoms with Gasteiger partial charge in [0, 0.05) is 6.54 Å². The zero-order valence-corrected chi connectivity index (χ0v) is 11.1. The average molecular weight is 241 g/mol. The van der Waals surface area contributed by atoms with E-state index in [0.717, 1.165) is 0 Å². The number of rotatable bonds is 4. The minimum Gasteiger partial charge on any atom is -0.468 e. The van der Waals surface area contributed by atoms with Crippen LogP contribution in [0.1, 0.15) is 26.3 Å². The Labute approximate surface area is 101 Å². The molecule has 4 heteroatoms. The second kappa shape index (κ2) is 5.46. The SMILES string of the molecule is COC(=O)[C@@H](NCc1ccsc1)C(C)(C)C. The maximum absolute atomic E-state index is 11.6. The first-order valence-electron chi connectivity index (χ1n) is 5.27. The van der Waals surface area contributed by atoms with Crippen LogP contribution in [-0.2, 0) is 16.1 Å². The van der Waals surface area contributed by atoms with E-state index in [-0.39, 0.29) is 17.4 Å². The van der Waals surface area contributed by atoms with Crippen LogP contribution >= 0.6 is 11.3 Å². The summed E-state index contributed by atoms with van der Waals surface area (Å²) < 4.78 is 4.81. The molecule has 1 atom stereocenters. The highest BCUT2D eigenvalue weighted by molar-refractivity contribution is 7.07. The van der Waals surface area contributed by atoms with Gasteiger partial charge in [0.1, 0.15) is 6.04 Å². The quantitative estimate of drug-likeness (QED) is 0.823. The van der Waals surface area contributed by atoms with E-state index < -0.39 is 0 Å². The van der Waals surface area contributed by atoms with E-state index in [1.54, 1.807) is 11.3 Å². The fraction of sp³-hybridized carbons (Fsp3) is 0.583. The summed E-state index contributed by atoms with van der Waals surface area (Å²) in [5, 5.41) is 7.35. The molecule has 1 aromatic heterocycles. The van der Waals surface area contributed by atoms with Gasteiger partial charge in [-0.05, 0) is 27.8 Å². The van der Waals surface area contributed by atoms with Crippen molar-refractivity contribution in [3.05, 3.63) is 22.4 Å². The first-order valence-corrected chi connectivity index (χ1v) is 6.21. The molecule has 0 aliphatic carbocycles. The summed E-state index contributed by atoms with van der Waals surface area (Å²) in [6.45, 7) is 6.76. The van der Waals surface area contributed by atoms with E-state index in [2.05, 4.69) is 16.8 Å². The van der Waals surface area contributed by atoms with Gasteiger partial charge < -0.3 is 4.74 Å². The van der Waals surface area contributed by atoms with Crippen molar-refractivity contribution in [1.82, 2.24) is 5.32 Å². The van der Waals surface area contributed by atoms with Gasteiger partial charge in [0.25, 0.3) is 0 Å². The van der Waals surface area contributed by atoms with Gasteiger partial charge in [-0.1, -0.05) is 20.8 Å². The lowest BCUT2D eigenvalue weighted by Gasteiger charge is -2.29. The molecular formula is C12H19NO2S. The van der Waals surface area contributed by atoms with Crippen molar-refractivity contribution in [3.8, 4) is 0 Å². The van der Waals surface area contributed by atoms with Crippen LogP contribution in [0.3, 0.4) is 0 Å². The van der Waals surface area contributed by atoms with Crippen LogP contribution in [-0.4, -0.2) is 19.1 Å². The maximum Gasteiger partial charge on any atom is 0.323 e. The molecule has 16 heavy (non-hydrogen) atoms. The van der Waals surface area contributed by atoms with Crippen LogP contribution in [0.2, 0.25) is 0 Å². The summed E-state index contributed by atoms with van der Waals surface area (Å²) in [4.78, 5) is 11.6. The molecular weight excluding hydrogens is 222 g/mol. The first kappa shape index (κ1) is 13.2. The molecule has 0 amide bonds. The molecule has 0 fully saturated rings. The van der Waals surface area contributed by atoms with Crippen LogP contribution in [0.15, 0.2) is 16.8 Å². The Kier molecular flexibility index (Phi) is 4.50. The predicted octanol–water partition coefficient (Wildman–Crippen LogP) is 2.43.